The predicted molar refractivity (Wildman–Crippen MR) is 137 cm³/mol. The monoisotopic (exact) mass is 552 g/mol. The van der Waals surface area contributed by atoms with Gasteiger partial charge in [-0.2, -0.15) is 5.10 Å². The summed E-state index contributed by atoms with van der Waals surface area (Å²) in [5.74, 6) is 0.243. The summed E-state index contributed by atoms with van der Waals surface area (Å²) >= 11 is 16.9. The molecule has 2 aromatic heterocycles. The van der Waals surface area contributed by atoms with E-state index < -0.39 is 0 Å². The lowest BCUT2D eigenvalue weighted by Crippen LogP contribution is -2.21. The van der Waals surface area contributed by atoms with Crippen molar-refractivity contribution in [3.63, 3.8) is 0 Å². The van der Waals surface area contributed by atoms with Gasteiger partial charge in [0.15, 0.2) is 10.9 Å². The number of rotatable bonds is 5. The van der Waals surface area contributed by atoms with Gasteiger partial charge in [0, 0.05) is 16.1 Å². The molecule has 0 unspecified atom stereocenters. The number of thiophene rings is 1. The van der Waals surface area contributed by atoms with Crippen molar-refractivity contribution in [3.05, 3.63) is 61.5 Å². The van der Waals surface area contributed by atoms with Crippen molar-refractivity contribution >= 4 is 73.0 Å². The first-order valence-corrected chi connectivity index (χ1v) is 12.6. The van der Waals surface area contributed by atoms with Crippen LogP contribution in [0.25, 0.3) is 0 Å². The number of aryl methyl sites for hydroxylation is 1. The SMILES string of the molecule is COC(=O)c1c(NC(=S)Nc2nn(Cc3ccccc3Cl)cc2Br)sc2c1CCCCC2. The highest BCUT2D eigenvalue weighted by Crippen LogP contribution is 2.38. The van der Waals surface area contributed by atoms with Gasteiger partial charge in [-0.25, -0.2) is 4.79 Å². The third kappa shape index (κ3) is 5.17. The van der Waals surface area contributed by atoms with Crippen LogP contribution in [-0.2, 0) is 24.1 Å². The van der Waals surface area contributed by atoms with Crippen molar-refractivity contribution in [2.75, 3.05) is 17.7 Å². The molecule has 6 nitrogen and oxygen atoms in total. The number of carbonyl (C=O) groups is 1. The van der Waals surface area contributed by atoms with E-state index in [2.05, 4.69) is 31.7 Å². The summed E-state index contributed by atoms with van der Waals surface area (Å²) < 4.78 is 7.61. The summed E-state index contributed by atoms with van der Waals surface area (Å²) in [5, 5.41) is 12.6. The first-order valence-electron chi connectivity index (χ1n) is 10.2. The number of hydrogen-bond acceptors (Lipinski definition) is 5. The molecule has 1 aliphatic carbocycles. The van der Waals surface area contributed by atoms with Crippen LogP contribution in [0.2, 0.25) is 5.02 Å². The van der Waals surface area contributed by atoms with Gasteiger partial charge in [0.25, 0.3) is 0 Å². The molecule has 3 aromatic rings. The molecular weight excluding hydrogens is 532 g/mol. The molecule has 0 spiro atoms. The number of benzene rings is 1. The summed E-state index contributed by atoms with van der Waals surface area (Å²) in [6.07, 6.45) is 7.11. The fraction of sp³-hybridized carbons (Fsp3) is 0.318. The number of hydrogen-bond donors (Lipinski definition) is 2. The Morgan fingerprint density at radius 1 is 1.28 bits per heavy atom. The Morgan fingerprint density at radius 3 is 2.84 bits per heavy atom. The summed E-state index contributed by atoms with van der Waals surface area (Å²) in [6.45, 7) is 0.532. The van der Waals surface area contributed by atoms with E-state index in [1.165, 1.54) is 18.4 Å². The number of methoxy groups -OCH3 is 1. The second kappa shape index (κ2) is 10.3. The van der Waals surface area contributed by atoms with E-state index in [4.69, 9.17) is 28.6 Å². The van der Waals surface area contributed by atoms with Gasteiger partial charge < -0.3 is 15.4 Å². The van der Waals surface area contributed by atoms with Gasteiger partial charge in [0.1, 0.15) is 5.00 Å². The molecule has 0 aliphatic heterocycles. The summed E-state index contributed by atoms with van der Waals surface area (Å²) in [6, 6.07) is 7.66. The second-order valence-corrected chi connectivity index (χ2v) is 10.2. The zero-order valence-corrected chi connectivity index (χ0v) is 21.4. The Kier molecular flexibility index (Phi) is 7.50. The zero-order chi connectivity index (χ0) is 22.7. The molecule has 0 radical (unpaired) electrons. The van der Waals surface area contributed by atoms with Gasteiger partial charge in [0.05, 0.1) is 23.7 Å². The molecule has 0 saturated carbocycles. The molecule has 0 atom stereocenters. The van der Waals surface area contributed by atoms with E-state index >= 15 is 0 Å². The molecule has 0 amide bonds. The van der Waals surface area contributed by atoms with Gasteiger partial charge >= 0.3 is 5.97 Å². The number of ether oxygens (including phenoxy) is 1. The van der Waals surface area contributed by atoms with E-state index in [-0.39, 0.29) is 5.97 Å². The van der Waals surface area contributed by atoms with E-state index in [9.17, 15) is 4.79 Å². The molecular formula is C22H22BrClN4O2S2. The second-order valence-electron chi connectivity index (χ2n) is 7.45. The standard InChI is InChI=1S/C22H22BrClN4O2S2/c1-30-21(29)18-14-8-3-2-4-10-17(14)32-20(18)26-22(31)25-19-15(23)12-28(27-19)11-13-7-5-6-9-16(13)24/h5-7,9,12H,2-4,8,10-11H2,1H3,(H2,25,26,27,31). The lowest BCUT2D eigenvalue weighted by Gasteiger charge is -2.10. The first-order chi connectivity index (χ1) is 15.5. The van der Waals surface area contributed by atoms with E-state index in [1.807, 2.05) is 30.5 Å². The number of fused-ring (bicyclic) bond motifs is 1. The minimum Gasteiger partial charge on any atom is -0.465 e. The van der Waals surface area contributed by atoms with Crippen LogP contribution < -0.4 is 10.6 Å². The third-order valence-corrected chi connectivity index (χ3v) is 7.64. The summed E-state index contributed by atoms with van der Waals surface area (Å²) in [5.41, 5.74) is 2.66. The van der Waals surface area contributed by atoms with Crippen LogP contribution in [0.15, 0.2) is 34.9 Å². The molecule has 0 fully saturated rings. The largest absolute Gasteiger partial charge is 0.465 e. The highest BCUT2D eigenvalue weighted by Gasteiger charge is 2.26. The van der Waals surface area contributed by atoms with Crippen molar-refractivity contribution in [1.82, 2.24) is 9.78 Å². The molecule has 168 valence electrons. The van der Waals surface area contributed by atoms with E-state index in [1.54, 1.807) is 16.0 Å². The Balaban J connectivity index is 1.50. The Bertz CT molecular complexity index is 1160. The fourth-order valence-corrected chi connectivity index (χ4v) is 5.91. The quantitative estimate of drug-likeness (QED) is 0.220. The number of esters is 1. The number of aromatic nitrogens is 2. The number of anilines is 2. The van der Waals surface area contributed by atoms with Gasteiger partial charge in [0.2, 0.25) is 0 Å². The van der Waals surface area contributed by atoms with Gasteiger partial charge in [-0.05, 0) is 71.0 Å². The molecule has 2 heterocycles. The van der Waals surface area contributed by atoms with Crippen molar-refractivity contribution in [1.29, 1.82) is 0 Å². The van der Waals surface area contributed by atoms with Crippen LogP contribution in [0.5, 0.6) is 0 Å². The maximum absolute atomic E-state index is 12.5. The van der Waals surface area contributed by atoms with Crippen molar-refractivity contribution in [2.24, 2.45) is 0 Å². The van der Waals surface area contributed by atoms with Crippen molar-refractivity contribution in [3.8, 4) is 0 Å². The maximum Gasteiger partial charge on any atom is 0.341 e. The molecule has 1 aliphatic rings. The molecule has 1 aromatic carbocycles. The number of thiocarbonyl (C=S) groups is 1. The molecule has 0 saturated heterocycles. The van der Waals surface area contributed by atoms with E-state index in [0.29, 0.717) is 33.1 Å². The maximum atomic E-state index is 12.5. The molecule has 2 N–H and O–H groups in total. The number of nitrogens with one attached hydrogen (secondary N) is 2. The highest BCUT2D eigenvalue weighted by molar-refractivity contribution is 9.10. The lowest BCUT2D eigenvalue weighted by atomic mass is 10.1. The van der Waals surface area contributed by atoms with Gasteiger partial charge in [-0.3, -0.25) is 4.68 Å². The van der Waals surface area contributed by atoms with Crippen LogP contribution in [0, 0.1) is 0 Å². The van der Waals surface area contributed by atoms with Crippen LogP contribution in [0.3, 0.4) is 0 Å². The van der Waals surface area contributed by atoms with Crippen LogP contribution in [-0.4, -0.2) is 28.0 Å². The minimum absolute atomic E-state index is 0.333. The third-order valence-electron chi connectivity index (χ3n) is 5.28. The van der Waals surface area contributed by atoms with Crippen molar-refractivity contribution in [2.45, 2.75) is 38.6 Å². The minimum atomic E-state index is -0.333. The first kappa shape index (κ1) is 23.2. The summed E-state index contributed by atoms with van der Waals surface area (Å²) in [4.78, 5) is 13.8. The molecule has 10 heteroatoms. The average molecular weight is 554 g/mol. The normalized spacial score (nSPS) is 13.2. The van der Waals surface area contributed by atoms with Crippen molar-refractivity contribution < 1.29 is 9.53 Å². The van der Waals surface area contributed by atoms with Gasteiger partial charge in [-0.15, -0.1) is 11.3 Å². The predicted octanol–water partition coefficient (Wildman–Crippen LogP) is 6.27. The molecule has 32 heavy (non-hydrogen) atoms. The number of carbonyl (C=O) groups excluding carboxylic acids is 1. The molecule has 4 rings (SSSR count). The fourth-order valence-electron chi connectivity index (χ4n) is 3.75. The zero-order valence-electron chi connectivity index (χ0n) is 17.4. The van der Waals surface area contributed by atoms with E-state index in [0.717, 1.165) is 41.3 Å². The van der Waals surface area contributed by atoms with Crippen LogP contribution in [0.4, 0.5) is 10.8 Å². The lowest BCUT2D eigenvalue weighted by molar-refractivity contribution is 0.0601. The van der Waals surface area contributed by atoms with Crippen LogP contribution >= 0.6 is 51.1 Å². The van der Waals surface area contributed by atoms with Gasteiger partial charge in [-0.1, -0.05) is 36.2 Å². The number of nitrogens with zero attached hydrogens (tertiary/aromatic N) is 2. The Hall–Kier alpha value is -1.94. The highest BCUT2D eigenvalue weighted by atomic mass is 79.9. The number of halogens is 2. The Labute approximate surface area is 209 Å². The summed E-state index contributed by atoms with van der Waals surface area (Å²) in [7, 11) is 1.41. The average Bonchev–Trinajstić information content (AvgIpc) is 3.18. The topological polar surface area (TPSA) is 68.2 Å². The molecule has 0 bridgehead atoms. The van der Waals surface area contributed by atoms with Crippen LogP contribution in [0.1, 0.15) is 45.6 Å². The Morgan fingerprint density at radius 2 is 2.06 bits per heavy atom. The smallest absolute Gasteiger partial charge is 0.341 e.